The molecule has 0 unspecified atom stereocenters. The van der Waals surface area contributed by atoms with Crippen molar-refractivity contribution >= 4 is 41.5 Å². The number of carbonyl (C=O) groups excluding carboxylic acids is 1. The number of nitrogens with one attached hydrogen (secondary N) is 3. The minimum atomic E-state index is 0. The first-order chi connectivity index (χ1) is 15.5. The molecule has 0 aromatic heterocycles. The lowest BCUT2D eigenvalue weighted by atomic mass is 9.80. The molecule has 1 aromatic rings. The number of hydrogen-bond acceptors (Lipinski definition) is 4. The Bertz CT molecular complexity index is 744. The van der Waals surface area contributed by atoms with Crippen LogP contribution in [-0.4, -0.2) is 62.7 Å². The molecule has 1 aromatic carbocycles. The lowest BCUT2D eigenvalue weighted by Gasteiger charge is -2.32. The van der Waals surface area contributed by atoms with E-state index in [1.807, 2.05) is 25.2 Å². The SMILES string of the molecule is CN=C(NCc1cccc(NC(=O)CCN2CCOCC2)c1)NC1CCC(C(C)C)CC1.I. The maximum atomic E-state index is 12.4. The number of carbonyl (C=O) groups is 1. The second-order valence-corrected chi connectivity index (χ2v) is 9.38. The molecule has 3 N–H and O–H groups in total. The van der Waals surface area contributed by atoms with Crippen LogP contribution in [0.15, 0.2) is 29.3 Å². The number of amides is 1. The number of rotatable bonds is 8. The molecule has 8 heteroatoms. The highest BCUT2D eigenvalue weighted by Crippen LogP contribution is 2.29. The predicted molar refractivity (Wildman–Crippen MR) is 146 cm³/mol. The molecule has 3 rings (SSSR count). The fraction of sp³-hybridized carbons (Fsp3) is 0.680. The van der Waals surface area contributed by atoms with Crippen molar-refractivity contribution in [3.05, 3.63) is 29.8 Å². The second-order valence-electron chi connectivity index (χ2n) is 9.38. The molecule has 7 nitrogen and oxygen atoms in total. The molecule has 2 fully saturated rings. The van der Waals surface area contributed by atoms with Gasteiger partial charge in [0.05, 0.1) is 13.2 Å². The Kier molecular flexibility index (Phi) is 12.5. The topological polar surface area (TPSA) is 78.0 Å². The lowest BCUT2D eigenvalue weighted by molar-refractivity contribution is -0.116. The Hall–Kier alpha value is -1.39. The van der Waals surface area contributed by atoms with Gasteiger partial charge < -0.3 is 20.7 Å². The van der Waals surface area contributed by atoms with E-state index in [9.17, 15) is 4.79 Å². The van der Waals surface area contributed by atoms with Crippen molar-refractivity contribution < 1.29 is 9.53 Å². The van der Waals surface area contributed by atoms with Crippen molar-refractivity contribution in [2.45, 2.75) is 58.5 Å². The molecule has 2 aliphatic rings. The zero-order valence-electron chi connectivity index (χ0n) is 20.4. The van der Waals surface area contributed by atoms with E-state index in [4.69, 9.17) is 4.74 Å². The predicted octanol–water partition coefficient (Wildman–Crippen LogP) is 3.85. The molecule has 186 valence electrons. The van der Waals surface area contributed by atoms with E-state index in [2.05, 4.69) is 45.8 Å². The number of aliphatic imine (C=N–C) groups is 1. The van der Waals surface area contributed by atoms with Gasteiger partial charge in [-0.3, -0.25) is 14.7 Å². The van der Waals surface area contributed by atoms with Crippen LogP contribution < -0.4 is 16.0 Å². The first-order valence-electron chi connectivity index (χ1n) is 12.2. The lowest BCUT2D eigenvalue weighted by Crippen LogP contribution is -2.44. The smallest absolute Gasteiger partial charge is 0.225 e. The summed E-state index contributed by atoms with van der Waals surface area (Å²) in [4.78, 5) is 19.0. The molecule has 1 saturated carbocycles. The molecule has 0 atom stereocenters. The van der Waals surface area contributed by atoms with E-state index in [1.165, 1.54) is 25.7 Å². The van der Waals surface area contributed by atoms with E-state index >= 15 is 0 Å². The first kappa shape index (κ1) is 27.9. The van der Waals surface area contributed by atoms with Crippen molar-refractivity contribution in [2.24, 2.45) is 16.8 Å². The zero-order chi connectivity index (χ0) is 22.8. The van der Waals surface area contributed by atoms with Gasteiger partial charge in [0.2, 0.25) is 5.91 Å². The van der Waals surface area contributed by atoms with Crippen LogP contribution in [-0.2, 0) is 16.1 Å². The van der Waals surface area contributed by atoms with Crippen molar-refractivity contribution in [1.29, 1.82) is 0 Å². The third kappa shape index (κ3) is 9.78. The van der Waals surface area contributed by atoms with E-state index in [-0.39, 0.29) is 29.9 Å². The summed E-state index contributed by atoms with van der Waals surface area (Å²) in [5.74, 6) is 2.53. The Morgan fingerprint density at radius 2 is 1.91 bits per heavy atom. The van der Waals surface area contributed by atoms with Crippen LogP contribution in [0, 0.1) is 11.8 Å². The van der Waals surface area contributed by atoms with Crippen LogP contribution >= 0.6 is 24.0 Å². The van der Waals surface area contributed by atoms with Crippen LogP contribution in [0.2, 0.25) is 0 Å². The minimum absolute atomic E-state index is 0. The Balaban J connectivity index is 0.00000385. The number of halogens is 1. The highest BCUT2D eigenvalue weighted by Gasteiger charge is 2.23. The third-order valence-corrected chi connectivity index (χ3v) is 6.71. The van der Waals surface area contributed by atoms with E-state index in [0.717, 1.165) is 61.9 Å². The van der Waals surface area contributed by atoms with Gasteiger partial charge in [0, 0.05) is 51.4 Å². The summed E-state index contributed by atoms with van der Waals surface area (Å²) in [6.07, 6.45) is 5.49. The number of morpholine rings is 1. The Morgan fingerprint density at radius 1 is 1.18 bits per heavy atom. The van der Waals surface area contributed by atoms with E-state index in [1.54, 1.807) is 0 Å². The minimum Gasteiger partial charge on any atom is -0.379 e. The summed E-state index contributed by atoms with van der Waals surface area (Å²) in [5.41, 5.74) is 1.95. The van der Waals surface area contributed by atoms with Gasteiger partial charge in [0.25, 0.3) is 0 Å². The first-order valence-corrected chi connectivity index (χ1v) is 12.2. The number of guanidine groups is 1. The second kappa shape index (κ2) is 14.8. The number of anilines is 1. The fourth-order valence-corrected chi connectivity index (χ4v) is 4.57. The van der Waals surface area contributed by atoms with Crippen molar-refractivity contribution in [2.75, 3.05) is 45.2 Å². The average Bonchev–Trinajstić information content (AvgIpc) is 2.81. The molecule has 0 spiro atoms. The molecular weight excluding hydrogens is 529 g/mol. The summed E-state index contributed by atoms with van der Waals surface area (Å²) in [6.45, 7) is 9.43. The van der Waals surface area contributed by atoms with Crippen molar-refractivity contribution in [3.8, 4) is 0 Å². The molecule has 1 saturated heterocycles. The van der Waals surface area contributed by atoms with Crippen LogP contribution in [0.4, 0.5) is 5.69 Å². The standard InChI is InChI=1S/C25H41N5O2.HI/c1-19(2)21-7-9-22(10-8-21)29-25(26-3)27-18-20-5-4-6-23(17-20)28-24(31)11-12-30-13-15-32-16-14-30;/h4-6,17,19,21-22H,7-16,18H2,1-3H3,(H,28,31)(H2,26,27,29);1H. The third-order valence-electron chi connectivity index (χ3n) is 6.71. The number of hydrogen-bond donors (Lipinski definition) is 3. The zero-order valence-corrected chi connectivity index (χ0v) is 22.8. The Morgan fingerprint density at radius 3 is 2.58 bits per heavy atom. The summed E-state index contributed by atoms with van der Waals surface area (Å²) in [5, 5.41) is 10.0. The van der Waals surface area contributed by atoms with Crippen LogP contribution in [0.3, 0.4) is 0 Å². The summed E-state index contributed by atoms with van der Waals surface area (Å²) in [6, 6.07) is 8.51. The molecule has 1 amide bonds. The van der Waals surface area contributed by atoms with Gasteiger partial charge in [-0.2, -0.15) is 0 Å². The largest absolute Gasteiger partial charge is 0.379 e. The summed E-state index contributed by atoms with van der Waals surface area (Å²) in [7, 11) is 1.82. The highest BCUT2D eigenvalue weighted by molar-refractivity contribution is 14.0. The van der Waals surface area contributed by atoms with Crippen LogP contribution in [0.5, 0.6) is 0 Å². The monoisotopic (exact) mass is 571 g/mol. The average molecular weight is 572 g/mol. The fourth-order valence-electron chi connectivity index (χ4n) is 4.57. The van der Waals surface area contributed by atoms with Gasteiger partial charge in [0.15, 0.2) is 5.96 Å². The van der Waals surface area contributed by atoms with Gasteiger partial charge in [-0.15, -0.1) is 24.0 Å². The molecule has 33 heavy (non-hydrogen) atoms. The normalized spacial score (nSPS) is 21.9. The van der Waals surface area contributed by atoms with Gasteiger partial charge in [-0.25, -0.2) is 0 Å². The van der Waals surface area contributed by atoms with Gasteiger partial charge in [0.1, 0.15) is 0 Å². The van der Waals surface area contributed by atoms with Crippen LogP contribution in [0.1, 0.15) is 51.5 Å². The van der Waals surface area contributed by atoms with E-state index in [0.29, 0.717) is 19.0 Å². The van der Waals surface area contributed by atoms with Gasteiger partial charge in [-0.05, 0) is 55.2 Å². The number of nitrogens with zero attached hydrogens (tertiary/aromatic N) is 2. The molecule has 1 aliphatic heterocycles. The van der Waals surface area contributed by atoms with Crippen molar-refractivity contribution in [1.82, 2.24) is 15.5 Å². The quantitative estimate of drug-likeness (QED) is 0.251. The Labute approximate surface area is 216 Å². The summed E-state index contributed by atoms with van der Waals surface area (Å²) < 4.78 is 5.36. The molecular formula is C25H42IN5O2. The maximum Gasteiger partial charge on any atom is 0.225 e. The number of benzene rings is 1. The van der Waals surface area contributed by atoms with Gasteiger partial charge >= 0.3 is 0 Å². The maximum absolute atomic E-state index is 12.4. The van der Waals surface area contributed by atoms with E-state index < -0.39 is 0 Å². The molecule has 1 aliphatic carbocycles. The highest BCUT2D eigenvalue weighted by atomic mass is 127. The number of ether oxygens (including phenoxy) is 1. The molecule has 0 radical (unpaired) electrons. The van der Waals surface area contributed by atoms with Gasteiger partial charge in [-0.1, -0.05) is 26.0 Å². The molecule has 0 bridgehead atoms. The van der Waals surface area contributed by atoms with Crippen LogP contribution in [0.25, 0.3) is 0 Å². The van der Waals surface area contributed by atoms with Crippen molar-refractivity contribution in [3.63, 3.8) is 0 Å². The molecule has 1 heterocycles. The summed E-state index contributed by atoms with van der Waals surface area (Å²) >= 11 is 0.